The van der Waals surface area contributed by atoms with E-state index in [0.29, 0.717) is 0 Å². The Labute approximate surface area is 408 Å². The number of rotatable bonds is 5. The van der Waals surface area contributed by atoms with Crippen molar-refractivity contribution in [2.75, 3.05) is 0 Å². The van der Waals surface area contributed by atoms with Gasteiger partial charge in [0.25, 0.3) is 0 Å². The smallest absolute Gasteiger partial charge is 0.656 e. The summed E-state index contributed by atoms with van der Waals surface area (Å²) in [5.74, 6) is 1.59. The maximum atomic E-state index is 6.72. The normalized spacial score (nSPS) is 12.0. The van der Waals surface area contributed by atoms with E-state index in [1.54, 1.807) is 0 Å². The van der Waals surface area contributed by atoms with Crippen LogP contribution in [-0.2, 0) is 21.1 Å². The van der Waals surface area contributed by atoms with Crippen molar-refractivity contribution in [2.45, 2.75) is 6.92 Å². The first kappa shape index (κ1) is 39.6. The summed E-state index contributed by atoms with van der Waals surface area (Å²) in [7, 11) is 0. The summed E-state index contributed by atoms with van der Waals surface area (Å²) in [6, 6.07) is 69.5. The molecule has 0 atom stereocenters. The molecule has 8 heteroatoms. The monoisotopic (exact) mass is 1060 g/mol. The van der Waals surface area contributed by atoms with Crippen LogP contribution in [0.3, 0.4) is 0 Å². The number of hydrogen-bond donors (Lipinski definition) is 0. The minimum Gasteiger partial charge on any atom is -0.656 e. The van der Waals surface area contributed by atoms with Crippen LogP contribution in [0.25, 0.3) is 144 Å². The Bertz CT molecular complexity index is 4590. The van der Waals surface area contributed by atoms with Crippen molar-refractivity contribution in [2.24, 2.45) is 0 Å². The third kappa shape index (κ3) is 5.71. The van der Waals surface area contributed by atoms with Crippen molar-refractivity contribution in [3.63, 3.8) is 0 Å². The molecule has 0 aliphatic carbocycles. The maximum absolute atomic E-state index is 6.72. The van der Waals surface area contributed by atoms with Gasteiger partial charge < -0.3 is 18.4 Å². The van der Waals surface area contributed by atoms with Crippen LogP contribution in [0, 0.1) is 13.0 Å². The topological polar surface area (TPSA) is 76.0 Å². The molecule has 0 bridgehead atoms. The molecule has 0 saturated carbocycles. The Balaban J connectivity index is 0.00000448. The number of nitrogens with zero attached hydrogens (tertiary/aromatic N) is 5. The molecule has 7 nitrogen and oxygen atoms in total. The first-order chi connectivity index (χ1) is 33.6. The van der Waals surface area contributed by atoms with Crippen LogP contribution in [0.5, 0.6) is 0 Å². The first-order valence-corrected chi connectivity index (χ1v) is 22.8. The minimum atomic E-state index is 0. The third-order valence-corrected chi connectivity index (χ3v) is 13.9. The summed E-state index contributed by atoms with van der Waals surface area (Å²) in [6.45, 7) is 2.16. The quantitative estimate of drug-likeness (QED) is 0.161. The van der Waals surface area contributed by atoms with Crippen LogP contribution in [0.15, 0.2) is 203 Å². The number of aromatic nitrogens is 5. The Morgan fingerprint density at radius 3 is 2.06 bits per heavy atom. The van der Waals surface area contributed by atoms with Crippen molar-refractivity contribution in [1.29, 1.82) is 0 Å². The van der Waals surface area contributed by atoms with Gasteiger partial charge in [0.1, 0.15) is 34.0 Å². The molecule has 326 valence electrons. The SMILES string of the molecule is Cc1ccccc1-n1c(-c2cc3c4ccccc4oc3c3c2[n-]c2ccccc23)nc2c(-c3[c-]c4c(cc3)c3c5oc6ccccc6c5ccc3n4-c3cc(-c4ccccc4)ccn3)cccc21.[Pt+2]. The number of pyridine rings is 1. The third-order valence-electron chi connectivity index (χ3n) is 13.9. The van der Waals surface area contributed by atoms with E-state index in [9.17, 15) is 0 Å². The Morgan fingerprint density at radius 2 is 1.23 bits per heavy atom. The van der Waals surface area contributed by atoms with E-state index in [4.69, 9.17) is 23.8 Å². The molecule has 0 radical (unpaired) electrons. The van der Waals surface area contributed by atoms with Gasteiger partial charge in [0.05, 0.1) is 16.7 Å². The van der Waals surface area contributed by atoms with Crippen LogP contribution < -0.4 is 4.98 Å². The fourth-order valence-electron chi connectivity index (χ4n) is 10.8. The number of imidazole rings is 1. The number of para-hydroxylation sites is 5. The standard InChI is InChI=1S/C61H35N5O2.Pt/c1-35-14-5-10-22-48(35)66-50-23-13-20-39(57(50)64-61(66)46-34-45-41-18-8-12-25-53(41)68-60(45)56-43-19-6-9-21-47(43)63-58(46)56)38-26-27-44-51(32-38)65(54-33-37(30-31-62-54)36-15-3-2-4-16-36)49-29-28-42-40-17-7-11-24-52(40)67-59(42)55(44)49;/h2-31,33-34H,1H3;/q-2;+2. The minimum absolute atomic E-state index is 0. The van der Waals surface area contributed by atoms with Gasteiger partial charge in [0.2, 0.25) is 0 Å². The van der Waals surface area contributed by atoms with Crippen molar-refractivity contribution in [3.05, 3.63) is 206 Å². The second-order valence-corrected chi connectivity index (χ2v) is 17.7. The predicted molar refractivity (Wildman–Crippen MR) is 276 cm³/mol. The van der Waals surface area contributed by atoms with E-state index in [1.165, 1.54) is 0 Å². The van der Waals surface area contributed by atoms with Crippen molar-refractivity contribution >= 4 is 98.5 Å². The summed E-state index contributed by atoms with van der Waals surface area (Å²) < 4.78 is 17.9. The molecule has 0 fully saturated rings. The predicted octanol–water partition coefficient (Wildman–Crippen LogP) is 15.7. The number of furan rings is 2. The van der Waals surface area contributed by atoms with E-state index in [0.717, 1.165) is 149 Å². The van der Waals surface area contributed by atoms with E-state index in [2.05, 4.69) is 174 Å². The van der Waals surface area contributed by atoms with Gasteiger partial charge in [-0.25, -0.2) is 9.97 Å². The van der Waals surface area contributed by atoms with Crippen LogP contribution in [0.4, 0.5) is 0 Å². The molecule has 6 heterocycles. The fraction of sp³-hybridized carbons (Fsp3) is 0.0164. The van der Waals surface area contributed by atoms with E-state index < -0.39 is 0 Å². The van der Waals surface area contributed by atoms with E-state index >= 15 is 0 Å². The summed E-state index contributed by atoms with van der Waals surface area (Å²) >= 11 is 0. The molecule has 0 saturated heterocycles. The fourth-order valence-corrected chi connectivity index (χ4v) is 10.8. The molecule has 0 spiro atoms. The summed E-state index contributed by atoms with van der Waals surface area (Å²) in [5.41, 5.74) is 16.0. The summed E-state index contributed by atoms with van der Waals surface area (Å²) in [4.78, 5) is 16.1. The molecule has 0 aliphatic rings. The van der Waals surface area contributed by atoms with Crippen LogP contribution in [-0.4, -0.2) is 19.1 Å². The molecular formula is C61H35N5O2Pt. The van der Waals surface area contributed by atoms with Crippen molar-refractivity contribution in [3.8, 4) is 45.1 Å². The average molecular weight is 1070 g/mol. The van der Waals surface area contributed by atoms with Crippen molar-refractivity contribution in [1.82, 2.24) is 24.1 Å². The molecule has 9 aromatic carbocycles. The molecule has 69 heavy (non-hydrogen) atoms. The first-order valence-electron chi connectivity index (χ1n) is 22.8. The van der Waals surface area contributed by atoms with Gasteiger partial charge in [-0.3, -0.25) is 4.57 Å². The van der Waals surface area contributed by atoms with Gasteiger partial charge in [-0.15, -0.1) is 34.8 Å². The van der Waals surface area contributed by atoms with Gasteiger partial charge in [0, 0.05) is 49.6 Å². The molecule has 0 N–H and O–H groups in total. The Morgan fingerprint density at radius 1 is 0.522 bits per heavy atom. The van der Waals surface area contributed by atoms with E-state index in [-0.39, 0.29) is 21.1 Å². The molecule has 0 unspecified atom stereocenters. The number of hydrogen-bond acceptors (Lipinski definition) is 4. The zero-order chi connectivity index (χ0) is 44.6. The molecule has 15 aromatic rings. The van der Waals surface area contributed by atoms with Gasteiger partial charge >= 0.3 is 21.1 Å². The average Bonchev–Trinajstić information content (AvgIpc) is 4.21. The molecule has 6 aromatic heterocycles. The summed E-state index contributed by atoms with van der Waals surface area (Å²) in [5, 5.41) is 8.33. The Kier molecular flexibility index (Phi) is 8.61. The second-order valence-electron chi connectivity index (χ2n) is 17.7. The van der Waals surface area contributed by atoms with Gasteiger partial charge in [0.15, 0.2) is 0 Å². The zero-order valence-corrected chi connectivity index (χ0v) is 39.1. The maximum Gasteiger partial charge on any atom is 2.00 e. The van der Waals surface area contributed by atoms with Crippen LogP contribution in [0.2, 0.25) is 0 Å². The van der Waals surface area contributed by atoms with E-state index in [1.807, 2.05) is 42.6 Å². The number of fused-ring (bicyclic) bond motifs is 15. The number of benzene rings is 9. The van der Waals surface area contributed by atoms with Gasteiger partial charge in [-0.1, -0.05) is 132 Å². The summed E-state index contributed by atoms with van der Waals surface area (Å²) in [6.07, 6.45) is 1.89. The van der Waals surface area contributed by atoms with Gasteiger partial charge in [-0.05, 0) is 89.1 Å². The molecule has 15 rings (SSSR count). The molecular weight excluding hydrogens is 1030 g/mol. The molecule has 0 aliphatic heterocycles. The van der Waals surface area contributed by atoms with Gasteiger partial charge in [-0.2, -0.15) is 0 Å². The Hall–Kier alpha value is -8.51. The van der Waals surface area contributed by atoms with Crippen LogP contribution >= 0.6 is 0 Å². The second kappa shape index (κ2) is 15.0. The largest absolute Gasteiger partial charge is 2.00 e. The zero-order valence-electron chi connectivity index (χ0n) is 36.8. The van der Waals surface area contributed by atoms with Crippen molar-refractivity contribution < 1.29 is 29.9 Å². The van der Waals surface area contributed by atoms with Crippen LogP contribution in [0.1, 0.15) is 5.56 Å². The number of aryl methyl sites for hydroxylation is 1. The molecule has 0 amide bonds.